The maximum absolute atomic E-state index is 13.3. The predicted molar refractivity (Wildman–Crippen MR) is 93.7 cm³/mol. The molecule has 2 unspecified atom stereocenters. The lowest BCUT2D eigenvalue weighted by Crippen LogP contribution is -2.53. The standard InChI is InChI=1S/C18H24FN5/c1-2-24-16-4-5-17(24)12-22(11-16)9-14-3-6-18(21-7-14)23-10-15(19)8-20-13-23/h3,6-8,10,16-17H,2,4-5,9,11-13H2,1H3. The van der Waals surface area contributed by atoms with Gasteiger partial charge in [-0.05, 0) is 31.0 Å². The van der Waals surface area contributed by atoms with Crippen molar-refractivity contribution in [2.75, 3.05) is 31.2 Å². The Hall–Kier alpha value is -1.79. The molecule has 2 fully saturated rings. The number of piperazine rings is 1. The van der Waals surface area contributed by atoms with E-state index in [-0.39, 0.29) is 5.83 Å². The molecule has 0 aromatic carbocycles. The number of likely N-dealkylation sites (N-methyl/N-ethyl adjacent to an activating group) is 1. The van der Waals surface area contributed by atoms with Crippen molar-refractivity contribution in [2.24, 2.45) is 4.99 Å². The molecule has 5 nitrogen and oxygen atoms in total. The summed E-state index contributed by atoms with van der Waals surface area (Å²) in [5.41, 5.74) is 1.22. The number of fused-ring (bicyclic) bond motifs is 2. The smallest absolute Gasteiger partial charge is 0.157 e. The zero-order chi connectivity index (χ0) is 16.5. The van der Waals surface area contributed by atoms with Crippen LogP contribution in [-0.2, 0) is 6.54 Å². The fraction of sp³-hybridized carbons (Fsp3) is 0.556. The number of rotatable bonds is 4. The number of aromatic nitrogens is 1. The van der Waals surface area contributed by atoms with Crippen LogP contribution in [0.15, 0.2) is 35.3 Å². The first-order valence-electron chi connectivity index (χ1n) is 8.79. The van der Waals surface area contributed by atoms with Gasteiger partial charge in [-0.25, -0.2) is 9.37 Å². The van der Waals surface area contributed by atoms with E-state index in [0.29, 0.717) is 6.67 Å². The summed E-state index contributed by atoms with van der Waals surface area (Å²) in [6.07, 6.45) is 7.26. The van der Waals surface area contributed by atoms with Crippen molar-refractivity contribution < 1.29 is 4.39 Å². The highest BCUT2D eigenvalue weighted by Crippen LogP contribution is 2.30. The number of allylic oxidation sites excluding steroid dienone is 1. The molecular weight excluding hydrogens is 305 g/mol. The molecule has 0 spiro atoms. The molecule has 0 radical (unpaired) electrons. The van der Waals surface area contributed by atoms with Crippen LogP contribution in [0.4, 0.5) is 10.2 Å². The molecule has 128 valence electrons. The van der Waals surface area contributed by atoms with Gasteiger partial charge in [-0.3, -0.25) is 14.8 Å². The molecule has 2 saturated heterocycles. The second kappa shape index (κ2) is 6.61. The van der Waals surface area contributed by atoms with Crippen LogP contribution < -0.4 is 4.90 Å². The van der Waals surface area contributed by atoms with E-state index < -0.39 is 0 Å². The zero-order valence-corrected chi connectivity index (χ0v) is 14.1. The van der Waals surface area contributed by atoms with Gasteiger partial charge >= 0.3 is 0 Å². The van der Waals surface area contributed by atoms with Gasteiger partial charge in [0.1, 0.15) is 12.5 Å². The normalized spacial score (nSPS) is 27.6. The average Bonchev–Trinajstić information content (AvgIpc) is 2.85. The Labute approximate surface area is 142 Å². The summed E-state index contributed by atoms with van der Waals surface area (Å²) in [6, 6.07) is 5.50. The number of likely N-dealkylation sites (tertiary alicyclic amines) is 1. The molecule has 24 heavy (non-hydrogen) atoms. The number of pyridine rings is 1. The lowest BCUT2D eigenvalue weighted by atomic mass is 10.1. The molecule has 6 heteroatoms. The van der Waals surface area contributed by atoms with Crippen molar-refractivity contribution in [3.05, 3.63) is 35.9 Å². The Kier molecular flexibility index (Phi) is 4.33. The Morgan fingerprint density at radius 2 is 2.00 bits per heavy atom. The number of anilines is 1. The van der Waals surface area contributed by atoms with Crippen molar-refractivity contribution >= 4 is 12.0 Å². The van der Waals surface area contributed by atoms with E-state index in [1.54, 1.807) is 4.90 Å². The van der Waals surface area contributed by atoms with Crippen LogP contribution in [0.5, 0.6) is 0 Å². The second-order valence-corrected chi connectivity index (χ2v) is 6.87. The molecule has 0 aliphatic carbocycles. The summed E-state index contributed by atoms with van der Waals surface area (Å²) in [6.45, 7) is 7.11. The van der Waals surface area contributed by atoms with Crippen LogP contribution in [0.2, 0.25) is 0 Å². The minimum atomic E-state index is -0.337. The topological polar surface area (TPSA) is 35.0 Å². The summed E-state index contributed by atoms with van der Waals surface area (Å²) in [4.78, 5) is 15.4. The highest BCUT2D eigenvalue weighted by atomic mass is 19.1. The summed E-state index contributed by atoms with van der Waals surface area (Å²) < 4.78 is 13.3. The molecule has 3 aliphatic rings. The highest BCUT2D eigenvalue weighted by Gasteiger charge is 2.38. The van der Waals surface area contributed by atoms with Gasteiger partial charge in [-0.2, -0.15) is 0 Å². The van der Waals surface area contributed by atoms with E-state index in [1.807, 2.05) is 12.3 Å². The SMILES string of the molecule is CCN1C2CCC1CN(Cc1ccc(N3C=C(F)C=NC3)nc1)C2. The van der Waals surface area contributed by atoms with Gasteiger partial charge in [0.25, 0.3) is 0 Å². The maximum atomic E-state index is 13.3. The number of halogens is 1. The van der Waals surface area contributed by atoms with Crippen LogP contribution in [0.1, 0.15) is 25.3 Å². The van der Waals surface area contributed by atoms with E-state index in [1.165, 1.54) is 37.4 Å². The molecule has 3 aliphatic heterocycles. The molecule has 0 saturated carbocycles. The molecule has 1 aromatic heterocycles. The fourth-order valence-corrected chi connectivity index (χ4v) is 4.24. The van der Waals surface area contributed by atoms with Crippen molar-refractivity contribution in [1.29, 1.82) is 0 Å². The van der Waals surface area contributed by atoms with Crippen molar-refractivity contribution in [2.45, 2.75) is 38.4 Å². The third kappa shape index (κ3) is 3.08. The van der Waals surface area contributed by atoms with Crippen molar-refractivity contribution in [3.63, 3.8) is 0 Å². The Morgan fingerprint density at radius 3 is 2.62 bits per heavy atom. The summed E-state index contributed by atoms with van der Waals surface area (Å²) in [5.74, 6) is 0.401. The van der Waals surface area contributed by atoms with Crippen molar-refractivity contribution in [3.8, 4) is 0 Å². The van der Waals surface area contributed by atoms with E-state index in [4.69, 9.17) is 0 Å². The molecule has 2 bridgehead atoms. The van der Waals surface area contributed by atoms with Gasteiger partial charge in [0, 0.05) is 44.1 Å². The zero-order valence-electron chi connectivity index (χ0n) is 14.1. The first-order chi connectivity index (χ1) is 11.7. The molecular formula is C18H24FN5. The van der Waals surface area contributed by atoms with E-state index >= 15 is 0 Å². The van der Waals surface area contributed by atoms with Crippen molar-refractivity contribution in [1.82, 2.24) is 14.8 Å². The van der Waals surface area contributed by atoms with Gasteiger partial charge in [0.05, 0.1) is 6.21 Å². The van der Waals surface area contributed by atoms with E-state index in [0.717, 1.165) is 37.5 Å². The fourth-order valence-electron chi connectivity index (χ4n) is 4.24. The van der Waals surface area contributed by atoms with Gasteiger partial charge < -0.3 is 4.90 Å². The molecule has 2 atom stereocenters. The van der Waals surface area contributed by atoms with Crippen LogP contribution >= 0.6 is 0 Å². The van der Waals surface area contributed by atoms with Gasteiger partial charge in [-0.1, -0.05) is 13.0 Å². The Morgan fingerprint density at radius 1 is 1.21 bits per heavy atom. The number of hydrogen-bond donors (Lipinski definition) is 0. The maximum Gasteiger partial charge on any atom is 0.157 e. The highest BCUT2D eigenvalue weighted by molar-refractivity contribution is 5.77. The number of aliphatic imine (C=N–C) groups is 1. The molecule has 4 heterocycles. The minimum Gasteiger partial charge on any atom is -0.310 e. The first-order valence-corrected chi connectivity index (χ1v) is 8.79. The number of hydrogen-bond acceptors (Lipinski definition) is 5. The summed E-state index contributed by atoms with van der Waals surface area (Å²) in [5, 5.41) is 0. The average molecular weight is 329 g/mol. The quantitative estimate of drug-likeness (QED) is 0.850. The lowest BCUT2D eigenvalue weighted by molar-refractivity contribution is 0.0669. The Balaban J connectivity index is 1.39. The van der Waals surface area contributed by atoms with Crippen LogP contribution in [0.3, 0.4) is 0 Å². The third-order valence-electron chi connectivity index (χ3n) is 5.31. The van der Waals surface area contributed by atoms with Gasteiger partial charge in [-0.15, -0.1) is 0 Å². The largest absolute Gasteiger partial charge is 0.310 e. The summed E-state index contributed by atoms with van der Waals surface area (Å²) in [7, 11) is 0. The molecule has 0 N–H and O–H groups in total. The first kappa shape index (κ1) is 15.7. The van der Waals surface area contributed by atoms with Crippen LogP contribution in [-0.4, -0.2) is 59.4 Å². The molecule has 4 rings (SSSR count). The molecule has 0 amide bonds. The predicted octanol–water partition coefficient (Wildman–Crippen LogP) is 2.41. The monoisotopic (exact) mass is 329 g/mol. The summed E-state index contributed by atoms with van der Waals surface area (Å²) >= 11 is 0. The minimum absolute atomic E-state index is 0.337. The van der Waals surface area contributed by atoms with Crippen LogP contribution in [0.25, 0.3) is 0 Å². The Bertz CT molecular complexity index is 627. The molecule has 1 aromatic rings. The van der Waals surface area contributed by atoms with Crippen LogP contribution in [0, 0.1) is 0 Å². The van der Waals surface area contributed by atoms with Gasteiger partial charge in [0.2, 0.25) is 0 Å². The van der Waals surface area contributed by atoms with Gasteiger partial charge in [0.15, 0.2) is 5.83 Å². The van der Waals surface area contributed by atoms with E-state index in [2.05, 4.69) is 32.8 Å². The third-order valence-corrected chi connectivity index (χ3v) is 5.31. The second-order valence-electron chi connectivity index (χ2n) is 6.87. The lowest BCUT2D eigenvalue weighted by Gasteiger charge is -2.40. The number of nitrogens with zero attached hydrogens (tertiary/aromatic N) is 5. The van der Waals surface area contributed by atoms with E-state index in [9.17, 15) is 4.39 Å².